The van der Waals surface area contributed by atoms with Gasteiger partial charge in [0.2, 0.25) is 0 Å². The lowest BCUT2D eigenvalue weighted by atomic mass is 9.91. The van der Waals surface area contributed by atoms with Crippen molar-refractivity contribution in [3.8, 4) is 51.3 Å². The van der Waals surface area contributed by atoms with Crippen LogP contribution in [0.2, 0.25) is 0 Å². The number of phenolic OH excluding ortho intramolecular Hbond substituents is 6. The van der Waals surface area contributed by atoms with E-state index in [1.165, 1.54) is 4.57 Å². The summed E-state index contributed by atoms with van der Waals surface area (Å²) in [7, 11) is 5.82. The maximum absolute atomic E-state index is 10.9. The number of benzene rings is 4. The van der Waals surface area contributed by atoms with Gasteiger partial charge in [-0.1, -0.05) is 42.5 Å². The van der Waals surface area contributed by atoms with E-state index in [-0.39, 0.29) is 26.3 Å². The first-order valence-electron chi connectivity index (χ1n) is 9.72. The Morgan fingerprint density at radius 3 is 1.85 bits per heavy atom. The number of phenols is 6. The monoisotopic (exact) mass is 503 g/mol. The zero-order valence-electron chi connectivity index (χ0n) is 16.8. The lowest BCUT2D eigenvalue weighted by Crippen LogP contribution is -2.06. The number of rotatable bonds is 2. The third-order valence-electron chi connectivity index (χ3n) is 5.68. The molecule has 33 heavy (non-hydrogen) atoms. The fourth-order valence-corrected chi connectivity index (χ4v) is 4.49. The molecule has 5 rings (SSSR count). The molecular weight excluding hydrogens is 489 g/mol. The van der Waals surface area contributed by atoms with Gasteiger partial charge in [0.25, 0.3) is 0 Å². The second kappa shape index (κ2) is 7.28. The highest BCUT2D eigenvalue weighted by Gasteiger charge is 2.30. The molecule has 0 atom stereocenters. The molecule has 0 saturated carbocycles. The van der Waals surface area contributed by atoms with Gasteiger partial charge < -0.3 is 35.2 Å². The van der Waals surface area contributed by atoms with Gasteiger partial charge in [-0.25, -0.2) is 0 Å². The lowest BCUT2D eigenvalue weighted by Gasteiger charge is -2.14. The van der Waals surface area contributed by atoms with Gasteiger partial charge in [0, 0.05) is 5.69 Å². The van der Waals surface area contributed by atoms with Crippen molar-refractivity contribution < 1.29 is 30.6 Å². The molecule has 5 aromatic rings. The Kier molecular flexibility index (Phi) is 4.61. The average Bonchev–Trinajstić information content (AvgIpc) is 3.20. The van der Waals surface area contributed by atoms with E-state index in [2.05, 4.69) is 15.9 Å². The zero-order valence-corrected chi connectivity index (χ0v) is 18.4. The van der Waals surface area contributed by atoms with Crippen LogP contribution in [0.15, 0.2) is 59.1 Å². The van der Waals surface area contributed by atoms with Crippen LogP contribution >= 0.6 is 15.9 Å². The number of hydrogen-bond donors (Lipinski definition) is 6. The summed E-state index contributed by atoms with van der Waals surface area (Å²) in [5, 5.41) is 63.3. The smallest absolute Gasteiger partial charge is 0.176 e. The van der Waals surface area contributed by atoms with Gasteiger partial charge in [0.15, 0.2) is 28.7 Å². The summed E-state index contributed by atoms with van der Waals surface area (Å²) in [4.78, 5) is 0. The zero-order chi connectivity index (χ0) is 23.6. The summed E-state index contributed by atoms with van der Waals surface area (Å²) in [6.07, 6.45) is 0. The van der Waals surface area contributed by atoms with Crippen LogP contribution in [0.25, 0.3) is 38.6 Å². The first-order valence-corrected chi connectivity index (χ1v) is 10.5. The molecule has 162 valence electrons. The Labute approximate surface area is 196 Å². The molecule has 0 amide bonds. The average molecular weight is 504 g/mol. The van der Waals surface area contributed by atoms with Crippen molar-refractivity contribution in [3.05, 3.63) is 59.1 Å². The van der Waals surface area contributed by atoms with Gasteiger partial charge in [-0.2, -0.15) is 0 Å². The van der Waals surface area contributed by atoms with E-state index < -0.39 is 40.0 Å². The second-order valence-corrected chi connectivity index (χ2v) is 8.31. The van der Waals surface area contributed by atoms with Crippen molar-refractivity contribution in [3.63, 3.8) is 0 Å². The van der Waals surface area contributed by atoms with E-state index in [0.29, 0.717) is 5.69 Å². The van der Waals surface area contributed by atoms with E-state index in [1.54, 1.807) is 18.2 Å². The first kappa shape index (κ1) is 20.9. The van der Waals surface area contributed by atoms with Crippen LogP contribution in [0.5, 0.6) is 34.5 Å². The molecule has 1 aromatic heterocycles. The minimum atomic E-state index is -0.793. The number of halogens is 1. The Morgan fingerprint density at radius 2 is 1.18 bits per heavy atom. The normalized spacial score (nSPS) is 11.4. The highest BCUT2D eigenvalue weighted by molar-refractivity contribution is 9.10. The third kappa shape index (κ3) is 2.82. The van der Waals surface area contributed by atoms with Crippen molar-refractivity contribution in [1.29, 1.82) is 0 Å². The van der Waals surface area contributed by atoms with Gasteiger partial charge in [-0.05, 0) is 44.7 Å². The van der Waals surface area contributed by atoms with Gasteiger partial charge >= 0.3 is 0 Å². The summed E-state index contributed by atoms with van der Waals surface area (Å²) in [6.45, 7) is 0. The Bertz CT molecular complexity index is 1520. The number of hydrogen-bond acceptors (Lipinski definition) is 6. The van der Waals surface area contributed by atoms with Gasteiger partial charge in [0.1, 0.15) is 23.6 Å². The van der Waals surface area contributed by atoms with Crippen molar-refractivity contribution in [1.82, 2.24) is 4.57 Å². The van der Waals surface area contributed by atoms with Crippen LogP contribution < -0.4 is 5.46 Å². The summed E-state index contributed by atoms with van der Waals surface area (Å²) >= 11 is 3.06. The maximum Gasteiger partial charge on any atom is 0.176 e. The largest absolute Gasteiger partial charge is 0.506 e. The van der Waals surface area contributed by atoms with Gasteiger partial charge in [0.05, 0.1) is 16.3 Å². The number of fused-ring (bicyclic) bond motifs is 3. The Morgan fingerprint density at radius 1 is 0.606 bits per heavy atom. The summed E-state index contributed by atoms with van der Waals surface area (Å²) in [5.74, 6) is -3.89. The predicted molar refractivity (Wildman–Crippen MR) is 129 cm³/mol. The molecule has 0 fully saturated rings. The minimum absolute atomic E-state index is 0.0343. The fraction of sp³-hybridized carbons (Fsp3) is 0. The predicted octanol–water partition coefficient (Wildman–Crippen LogP) is 4.24. The number of aromatic nitrogens is 1. The number of aromatic hydroxyl groups is 6. The van der Waals surface area contributed by atoms with Crippen LogP contribution in [0.1, 0.15) is 0 Å². The Balaban J connectivity index is 2.02. The minimum Gasteiger partial charge on any atom is -0.506 e. The molecule has 0 spiro atoms. The van der Waals surface area contributed by atoms with E-state index in [4.69, 9.17) is 7.85 Å². The SMILES string of the molecule is [B]c1c(O)c(O)c2c3c(O)c(O)c(Br)c(O)c3n(-c3cccc(-c4ccccc4)c3)c2c1O. The summed E-state index contributed by atoms with van der Waals surface area (Å²) < 4.78 is 1.20. The second-order valence-electron chi connectivity index (χ2n) is 7.52. The van der Waals surface area contributed by atoms with E-state index >= 15 is 0 Å². The molecule has 0 bridgehead atoms. The van der Waals surface area contributed by atoms with Crippen LogP contribution in [-0.4, -0.2) is 43.1 Å². The molecule has 4 aromatic carbocycles. The Hall–Kier alpha value is -3.98. The molecule has 0 aliphatic carbocycles. The maximum atomic E-state index is 10.9. The first-order chi connectivity index (χ1) is 15.7. The van der Waals surface area contributed by atoms with Crippen LogP contribution in [0, 0.1) is 0 Å². The highest BCUT2D eigenvalue weighted by Crippen LogP contribution is 2.55. The van der Waals surface area contributed by atoms with Crippen molar-refractivity contribution in [2.45, 2.75) is 0 Å². The summed E-state index contributed by atoms with van der Waals surface area (Å²) in [5.41, 5.74) is 1.59. The highest BCUT2D eigenvalue weighted by atomic mass is 79.9. The molecule has 6 N–H and O–H groups in total. The summed E-state index contributed by atoms with van der Waals surface area (Å²) in [6, 6.07) is 16.6. The number of nitrogens with zero attached hydrogens (tertiary/aromatic N) is 1. The van der Waals surface area contributed by atoms with Crippen LogP contribution in [0.4, 0.5) is 0 Å². The standard InChI is InChI=1S/C24H15BBrNO6/c25-15-21(30)17-13(19(28)22(15)31)14-18(23(32)16(26)24(33)20(14)29)27(17)12-8-4-7-11(9-12)10-5-2-1-3-6-10/h1-9,28-33H. The van der Waals surface area contributed by atoms with Gasteiger partial charge in [-0.15, -0.1) is 0 Å². The molecule has 0 aliphatic rings. The molecule has 1 heterocycles. The third-order valence-corrected chi connectivity index (χ3v) is 6.43. The molecule has 0 unspecified atom stereocenters. The molecule has 7 nitrogen and oxygen atoms in total. The van der Waals surface area contributed by atoms with Crippen LogP contribution in [-0.2, 0) is 0 Å². The lowest BCUT2D eigenvalue weighted by molar-refractivity contribution is 0.398. The molecule has 0 aliphatic heterocycles. The van der Waals surface area contributed by atoms with Crippen molar-refractivity contribution in [2.24, 2.45) is 0 Å². The molecule has 0 saturated heterocycles. The topological polar surface area (TPSA) is 126 Å². The van der Waals surface area contributed by atoms with E-state index in [9.17, 15) is 30.6 Å². The van der Waals surface area contributed by atoms with E-state index in [1.807, 2.05) is 36.4 Å². The molecular formula is C24H15BBrNO6. The molecule has 9 heteroatoms. The fourth-order valence-electron chi connectivity index (χ4n) is 4.12. The molecule has 2 radical (unpaired) electrons. The van der Waals surface area contributed by atoms with Crippen LogP contribution in [0.3, 0.4) is 0 Å². The van der Waals surface area contributed by atoms with Crippen molar-refractivity contribution >= 4 is 51.0 Å². The van der Waals surface area contributed by atoms with Crippen molar-refractivity contribution in [2.75, 3.05) is 0 Å². The van der Waals surface area contributed by atoms with Gasteiger partial charge in [-0.3, -0.25) is 0 Å². The quantitative estimate of drug-likeness (QED) is 0.121. The van der Waals surface area contributed by atoms with E-state index in [0.717, 1.165) is 11.1 Å².